The monoisotopic (exact) mass is 188 g/mol. The van der Waals surface area contributed by atoms with Crippen molar-refractivity contribution in [3.05, 3.63) is 0 Å². The molecule has 4 atom stereocenters. The Kier molecular flexibility index (Phi) is 6.35. The molecule has 13 heavy (non-hydrogen) atoms. The highest BCUT2D eigenvalue weighted by atomic mass is 16.3. The molecule has 0 fully saturated rings. The van der Waals surface area contributed by atoms with Crippen LogP contribution in [0.3, 0.4) is 0 Å². The smallest absolute Gasteiger partial charge is 0.0613 e. The highest BCUT2D eigenvalue weighted by Crippen LogP contribution is 2.21. The molecular weight excluding hydrogens is 164 g/mol. The Balaban J connectivity index is 3.87. The fraction of sp³-hybridized carbons (Fsp3) is 1.00. The summed E-state index contributed by atoms with van der Waals surface area (Å²) >= 11 is 0. The maximum Gasteiger partial charge on any atom is 0.0613 e. The van der Waals surface area contributed by atoms with E-state index in [4.69, 9.17) is 5.11 Å². The van der Waals surface area contributed by atoms with Crippen molar-refractivity contribution in [2.24, 2.45) is 17.8 Å². The molecule has 2 N–H and O–H groups in total. The Hall–Kier alpha value is -0.0800. The van der Waals surface area contributed by atoms with Gasteiger partial charge in [0.1, 0.15) is 0 Å². The van der Waals surface area contributed by atoms with Crippen molar-refractivity contribution < 1.29 is 10.2 Å². The molecule has 0 saturated heterocycles. The van der Waals surface area contributed by atoms with Gasteiger partial charge < -0.3 is 10.2 Å². The summed E-state index contributed by atoms with van der Waals surface area (Å²) in [5, 5.41) is 18.7. The van der Waals surface area contributed by atoms with Gasteiger partial charge in [-0.05, 0) is 18.3 Å². The quantitative estimate of drug-likeness (QED) is 0.669. The van der Waals surface area contributed by atoms with Crippen LogP contribution >= 0.6 is 0 Å². The minimum Gasteiger partial charge on any atom is -0.396 e. The third-order valence-corrected chi connectivity index (χ3v) is 2.93. The molecule has 0 radical (unpaired) electrons. The fourth-order valence-corrected chi connectivity index (χ4v) is 1.61. The van der Waals surface area contributed by atoms with Gasteiger partial charge in [-0.25, -0.2) is 0 Å². The van der Waals surface area contributed by atoms with Crippen molar-refractivity contribution in [2.75, 3.05) is 6.61 Å². The van der Waals surface area contributed by atoms with Gasteiger partial charge in [0.2, 0.25) is 0 Å². The number of rotatable bonds is 6. The molecule has 0 aromatic rings. The van der Waals surface area contributed by atoms with E-state index in [-0.39, 0.29) is 24.5 Å². The lowest BCUT2D eigenvalue weighted by molar-refractivity contribution is 0.0289. The first-order valence-corrected chi connectivity index (χ1v) is 5.31. The summed E-state index contributed by atoms with van der Waals surface area (Å²) in [5.74, 6) is 0.951. The maximum atomic E-state index is 9.77. The second-order valence-corrected chi connectivity index (χ2v) is 4.38. The average molecular weight is 188 g/mol. The molecule has 0 saturated carbocycles. The first-order valence-electron chi connectivity index (χ1n) is 5.31. The second-order valence-electron chi connectivity index (χ2n) is 4.38. The molecule has 0 bridgehead atoms. The first-order chi connectivity index (χ1) is 6.02. The standard InChI is InChI=1S/C11H24O2/c1-5-8(2)6-9(3)11(13)10(4)7-12/h8-13H,5-7H2,1-4H3/t8-,9-,10-,11-/m1/s1. The zero-order valence-electron chi connectivity index (χ0n) is 9.33. The normalized spacial score (nSPS) is 20.8. The Morgan fingerprint density at radius 2 is 1.62 bits per heavy atom. The summed E-state index contributed by atoms with van der Waals surface area (Å²) in [7, 11) is 0. The zero-order chi connectivity index (χ0) is 10.4. The lowest BCUT2D eigenvalue weighted by atomic mass is 9.86. The van der Waals surface area contributed by atoms with E-state index in [0.717, 1.165) is 12.8 Å². The van der Waals surface area contributed by atoms with Gasteiger partial charge >= 0.3 is 0 Å². The summed E-state index contributed by atoms with van der Waals surface area (Å²) in [5.41, 5.74) is 0. The van der Waals surface area contributed by atoms with Gasteiger partial charge in [-0.1, -0.05) is 34.1 Å². The third kappa shape index (κ3) is 4.63. The molecule has 0 aromatic carbocycles. The summed E-state index contributed by atoms with van der Waals surface area (Å²) in [6.45, 7) is 8.39. The Morgan fingerprint density at radius 3 is 2.00 bits per heavy atom. The SMILES string of the molecule is CC[C@@H](C)C[C@@H](C)[C@@H](O)[C@H](C)CO. The van der Waals surface area contributed by atoms with Crippen LogP contribution in [-0.2, 0) is 0 Å². The molecule has 0 aliphatic heterocycles. The van der Waals surface area contributed by atoms with Gasteiger partial charge in [0.05, 0.1) is 6.10 Å². The Bertz CT molecular complexity index is 125. The van der Waals surface area contributed by atoms with Gasteiger partial charge in [0, 0.05) is 12.5 Å². The Morgan fingerprint density at radius 1 is 1.08 bits per heavy atom. The zero-order valence-corrected chi connectivity index (χ0v) is 9.33. The van der Waals surface area contributed by atoms with Gasteiger partial charge in [-0.15, -0.1) is 0 Å². The van der Waals surface area contributed by atoms with Crippen molar-refractivity contribution >= 4 is 0 Å². The fourth-order valence-electron chi connectivity index (χ4n) is 1.61. The van der Waals surface area contributed by atoms with Crippen molar-refractivity contribution in [1.82, 2.24) is 0 Å². The molecular formula is C11H24O2. The molecule has 0 amide bonds. The van der Waals surface area contributed by atoms with E-state index in [0.29, 0.717) is 5.92 Å². The topological polar surface area (TPSA) is 40.5 Å². The van der Waals surface area contributed by atoms with Crippen molar-refractivity contribution in [1.29, 1.82) is 0 Å². The molecule has 80 valence electrons. The van der Waals surface area contributed by atoms with Crippen LogP contribution in [0.5, 0.6) is 0 Å². The summed E-state index contributed by atoms with van der Waals surface area (Å²) in [6.07, 6.45) is 1.84. The minimum absolute atomic E-state index is 0.000874. The van der Waals surface area contributed by atoms with Gasteiger partial charge in [-0.3, -0.25) is 0 Å². The molecule has 0 rings (SSSR count). The van der Waals surface area contributed by atoms with E-state index >= 15 is 0 Å². The van der Waals surface area contributed by atoms with Crippen LogP contribution in [0.15, 0.2) is 0 Å². The molecule has 0 spiro atoms. The Labute approximate surface area is 82.0 Å². The molecule has 0 unspecified atom stereocenters. The van der Waals surface area contributed by atoms with Crippen molar-refractivity contribution in [2.45, 2.75) is 46.6 Å². The van der Waals surface area contributed by atoms with Gasteiger partial charge in [0.15, 0.2) is 0 Å². The van der Waals surface area contributed by atoms with E-state index in [9.17, 15) is 5.11 Å². The predicted octanol–water partition coefficient (Wildman–Crippen LogP) is 2.05. The summed E-state index contributed by atoms with van der Waals surface area (Å²) in [6, 6.07) is 0. The van der Waals surface area contributed by atoms with Crippen molar-refractivity contribution in [3.63, 3.8) is 0 Å². The van der Waals surface area contributed by atoms with E-state index in [1.807, 2.05) is 6.92 Å². The minimum atomic E-state index is -0.362. The summed E-state index contributed by atoms with van der Waals surface area (Å²) < 4.78 is 0. The third-order valence-electron chi connectivity index (χ3n) is 2.93. The first kappa shape index (κ1) is 12.9. The molecule has 0 heterocycles. The second kappa shape index (κ2) is 6.39. The van der Waals surface area contributed by atoms with Gasteiger partial charge in [-0.2, -0.15) is 0 Å². The lowest BCUT2D eigenvalue weighted by Crippen LogP contribution is -2.29. The van der Waals surface area contributed by atoms with Crippen molar-refractivity contribution in [3.8, 4) is 0 Å². The average Bonchev–Trinajstić information content (AvgIpc) is 2.14. The van der Waals surface area contributed by atoms with Crippen LogP contribution in [0.1, 0.15) is 40.5 Å². The highest BCUT2D eigenvalue weighted by Gasteiger charge is 2.21. The number of aliphatic hydroxyl groups is 2. The largest absolute Gasteiger partial charge is 0.396 e. The molecule has 0 aliphatic carbocycles. The number of hydrogen-bond donors (Lipinski definition) is 2. The molecule has 2 heteroatoms. The van der Waals surface area contributed by atoms with E-state index in [1.165, 1.54) is 0 Å². The molecule has 2 nitrogen and oxygen atoms in total. The predicted molar refractivity (Wildman–Crippen MR) is 55.5 cm³/mol. The van der Waals surface area contributed by atoms with Crippen LogP contribution in [0.25, 0.3) is 0 Å². The van der Waals surface area contributed by atoms with E-state index in [2.05, 4.69) is 20.8 Å². The van der Waals surface area contributed by atoms with Crippen LogP contribution < -0.4 is 0 Å². The van der Waals surface area contributed by atoms with Crippen LogP contribution in [0.4, 0.5) is 0 Å². The van der Waals surface area contributed by atoms with E-state index < -0.39 is 0 Å². The molecule has 0 aromatic heterocycles. The number of hydrogen-bond acceptors (Lipinski definition) is 2. The van der Waals surface area contributed by atoms with E-state index in [1.54, 1.807) is 0 Å². The highest BCUT2D eigenvalue weighted by molar-refractivity contribution is 4.71. The van der Waals surface area contributed by atoms with Gasteiger partial charge in [0.25, 0.3) is 0 Å². The lowest BCUT2D eigenvalue weighted by Gasteiger charge is -2.25. The van der Waals surface area contributed by atoms with Crippen LogP contribution in [0.2, 0.25) is 0 Å². The van der Waals surface area contributed by atoms with Crippen LogP contribution in [0, 0.1) is 17.8 Å². The number of aliphatic hydroxyl groups excluding tert-OH is 2. The maximum absolute atomic E-state index is 9.77. The van der Waals surface area contributed by atoms with Crippen LogP contribution in [-0.4, -0.2) is 22.9 Å². The summed E-state index contributed by atoms with van der Waals surface area (Å²) in [4.78, 5) is 0. The molecule has 0 aliphatic rings.